The molecule has 2 aromatic heterocycles. The van der Waals surface area contributed by atoms with Crippen LogP contribution in [0.15, 0.2) is 23.2 Å². The van der Waals surface area contributed by atoms with Crippen molar-refractivity contribution in [1.29, 1.82) is 0 Å². The van der Waals surface area contributed by atoms with Gasteiger partial charge in [0.1, 0.15) is 11.0 Å². The van der Waals surface area contributed by atoms with E-state index >= 15 is 0 Å². The lowest BCUT2D eigenvalue weighted by Crippen LogP contribution is -2.41. The molecule has 9 nitrogen and oxygen atoms in total. The number of fused-ring (bicyclic) bond motifs is 3. The van der Waals surface area contributed by atoms with Crippen molar-refractivity contribution < 1.29 is 17.9 Å². The number of esters is 1. The summed E-state index contributed by atoms with van der Waals surface area (Å²) in [4.78, 5) is 28.0. The highest BCUT2D eigenvalue weighted by atomic mass is 35.5. The van der Waals surface area contributed by atoms with Gasteiger partial charge in [-0.25, -0.2) is 28.2 Å². The largest absolute Gasteiger partial charge is 0.465 e. The lowest BCUT2D eigenvalue weighted by molar-refractivity contribution is 0.0596. The molecule has 0 N–H and O–H groups in total. The van der Waals surface area contributed by atoms with Gasteiger partial charge in [-0.05, 0) is 25.0 Å². The zero-order chi connectivity index (χ0) is 23.4. The van der Waals surface area contributed by atoms with E-state index in [0.717, 1.165) is 17.6 Å². The van der Waals surface area contributed by atoms with Crippen molar-refractivity contribution in [2.75, 3.05) is 24.8 Å². The smallest absolute Gasteiger partial charge is 0.339 e. The van der Waals surface area contributed by atoms with Gasteiger partial charge in [-0.3, -0.25) is 0 Å². The summed E-state index contributed by atoms with van der Waals surface area (Å²) < 4.78 is 31.6. The average molecular weight is 478 g/mol. The lowest BCUT2D eigenvalue weighted by Gasteiger charge is -2.38. The van der Waals surface area contributed by atoms with E-state index in [1.807, 2.05) is 11.5 Å². The average Bonchev–Trinajstić information content (AvgIpc) is 3.10. The summed E-state index contributed by atoms with van der Waals surface area (Å²) in [5.74, 6) is 0.694. The van der Waals surface area contributed by atoms with Crippen LogP contribution in [0, 0.1) is 12.8 Å². The number of aromatic nitrogens is 4. The third-order valence-corrected chi connectivity index (χ3v) is 7.15. The van der Waals surface area contributed by atoms with E-state index in [4.69, 9.17) is 21.3 Å². The van der Waals surface area contributed by atoms with Crippen LogP contribution in [0.2, 0.25) is 5.15 Å². The molecule has 0 aliphatic carbocycles. The molecule has 0 spiro atoms. The van der Waals surface area contributed by atoms with E-state index in [1.165, 1.54) is 19.2 Å². The molecule has 0 bridgehead atoms. The number of carbonyl (C=O) groups excluding carboxylic acids is 1. The predicted molar refractivity (Wildman–Crippen MR) is 121 cm³/mol. The molecule has 1 atom stereocenters. The Morgan fingerprint density at radius 3 is 2.56 bits per heavy atom. The SMILES string of the molecule is COC(=O)c1cc2nc3n(c2cc1S(C)(=O)=O)CCN(c1ncc(C)c(Cl)n1)[C@@H]3C(C)C. The molecule has 1 aromatic carbocycles. The first-order chi connectivity index (χ1) is 15.0. The Kier molecular flexibility index (Phi) is 5.62. The van der Waals surface area contributed by atoms with Crippen LogP contribution >= 0.6 is 11.6 Å². The minimum Gasteiger partial charge on any atom is -0.465 e. The van der Waals surface area contributed by atoms with Crippen LogP contribution in [-0.4, -0.2) is 53.8 Å². The summed E-state index contributed by atoms with van der Waals surface area (Å²) in [7, 11) is -2.45. The first kappa shape index (κ1) is 22.5. The molecule has 3 aromatic rings. The molecule has 3 heterocycles. The summed E-state index contributed by atoms with van der Waals surface area (Å²) in [6, 6.07) is 2.84. The molecule has 0 saturated carbocycles. The van der Waals surface area contributed by atoms with Crippen LogP contribution in [0.4, 0.5) is 5.95 Å². The number of imidazole rings is 1. The minimum absolute atomic E-state index is 0.0236. The summed E-state index contributed by atoms with van der Waals surface area (Å²) in [5.41, 5.74) is 1.96. The monoisotopic (exact) mass is 477 g/mol. The van der Waals surface area contributed by atoms with E-state index in [9.17, 15) is 13.2 Å². The predicted octanol–water partition coefficient (Wildman–Crippen LogP) is 3.20. The number of carbonyl (C=O) groups is 1. The molecular formula is C21H24ClN5O4S. The van der Waals surface area contributed by atoms with Crippen molar-refractivity contribution >= 4 is 44.4 Å². The molecule has 170 valence electrons. The van der Waals surface area contributed by atoms with Crippen LogP contribution in [0.3, 0.4) is 0 Å². The zero-order valence-electron chi connectivity index (χ0n) is 18.5. The van der Waals surface area contributed by atoms with Gasteiger partial charge in [0, 0.05) is 31.1 Å². The molecule has 0 fully saturated rings. The van der Waals surface area contributed by atoms with Gasteiger partial charge in [0.2, 0.25) is 5.95 Å². The maximum atomic E-state index is 12.4. The second-order valence-corrected chi connectivity index (χ2v) is 10.6. The normalized spacial score (nSPS) is 16.5. The van der Waals surface area contributed by atoms with Gasteiger partial charge in [0.25, 0.3) is 0 Å². The Hall–Kier alpha value is -2.72. The number of hydrogen-bond acceptors (Lipinski definition) is 8. The molecule has 32 heavy (non-hydrogen) atoms. The van der Waals surface area contributed by atoms with Gasteiger partial charge in [0.05, 0.1) is 34.6 Å². The number of nitrogens with zero attached hydrogens (tertiary/aromatic N) is 5. The lowest BCUT2D eigenvalue weighted by atomic mass is 10.00. The van der Waals surface area contributed by atoms with Crippen molar-refractivity contribution in [3.8, 4) is 0 Å². The summed E-state index contributed by atoms with van der Waals surface area (Å²) in [6.07, 6.45) is 2.77. The number of halogens is 1. The fourth-order valence-electron chi connectivity index (χ4n) is 4.13. The Balaban J connectivity index is 1.92. The van der Waals surface area contributed by atoms with Crippen LogP contribution < -0.4 is 4.90 Å². The summed E-state index contributed by atoms with van der Waals surface area (Å²) in [5, 5.41) is 0.400. The second kappa shape index (κ2) is 8.00. The highest BCUT2D eigenvalue weighted by Crippen LogP contribution is 2.37. The van der Waals surface area contributed by atoms with E-state index in [-0.39, 0.29) is 22.4 Å². The van der Waals surface area contributed by atoms with Gasteiger partial charge < -0.3 is 14.2 Å². The van der Waals surface area contributed by atoms with Gasteiger partial charge in [-0.1, -0.05) is 25.4 Å². The Morgan fingerprint density at radius 2 is 1.97 bits per heavy atom. The van der Waals surface area contributed by atoms with E-state index < -0.39 is 15.8 Å². The van der Waals surface area contributed by atoms with Crippen molar-refractivity contribution in [3.63, 3.8) is 0 Å². The van der Waals surface area contributed by atoms with Crippen LogP contribution in [-0.2, 0) is 21.1 Å². The molecule has 11 heteroatoms. The van der Waals surface area contributed by atoms with Crippen LogP contribution in [0.25, 0.3) is 11.0 Å². The van der Waals surface area contributed by atoms with Crippen LogP contribution in [0.5, 0.6) is 0 Å². The maximum absolute atomic E-state index is 12.4. The molecular weight excluding hydrogens is 454 g/mol. The number of benzene rings is 1. The first-order valence-electron chi connectivity index (χ1n) is 10.1. The number of methoxy groups -OCH3 is 1. The molecule has 4 rings (SSSR count). The minimum atomic E-state index is -3.66. The van der Waals surface area contributed by atoms with E-state index in [0.29, 0.717) is 35.2 Å². The number of rotatable bonds is 4. The summed E-state index contributed by atoms with van der Waals surface area (Å²) >= 11 is 6.25. The Morgan fingerprint density at radius 1 is 1.25 bits per heavy atom. The highest BCUT2D eigenvalue weighted by Gasteiger charge is 2.35. The number of aryl methyl sites for hydroxylation is 1. The van der Waals surface area contributed by atoms with Gasteiger partial charge >= 0.3 is 5.97 Å². The number of hydrogen-bond donors (Lipinski definition) is 0. The van der Waals surface area contributed by atoms with Crippen molar-refractivity contribution in [2.45, 2.75) is 38.3 Å². The number of sulfone groups is 1. The van der Waals surface area contributed by atoms with Crippen molar-refractivity contribution in [2.24, 2.45) is 5.92 Å². The highest BCUT2D eigenvalue weighted by molar-refractivity contribution is 7.90. The Labute approximate surface area is 191 Å². The molecule has 0 radical (unpaired) electrons. The molecule has 1 aliphatic heterocycles. The van der Waals surface area contributed by atoms with Gasteiger partial charge in [-0.2, -0.15) is 0 Å². The number of anilines is 1. The molecule has 0 saturated heterocycles. The third kappa shape index (κ3) is 3.71. The molecule has 0 amide bonds. The summed E-state index contributed by atoms with van der Waals surface area (Å²) in [6.45, 7) is 7.13. The molecule has 1 aliphatic rings. The zero-order valence-corrected chi connectivity index (χ0v) is 20.0. The fourth-order valence-corrected chi connectivity index (χ4v) is 5.12. The quantitative estimate of drug-likeness (QED) is 0.416. The standard InChI is InChI=1S/C21H24ClN5O4S/c1-11(2)17-19-24-14-8-13(20(28)31-4)16(32(5,29)30)9-15(14)26(19)6-7-27(17)21-23-10-12(3)18(22)25-21/h8-11,17H,6-7H2,1-5H3/t17-/m1/s1. The van der Waals surface area contributed by atoms with Gasteiger partial charge in [-0.15, -0.1) is 0 Å². The fraction of sp³-hybridized carbons (Fsp3) is 0.429. The third-order valence-electron chi connectivity index (χ3n) is 5.63. The number of ether oxygens (including phenoxy) is 1. The Bertz CT molecular complexity index is 1340. The maximum Gasteiger partial charge on any atom is 0.339 e. The van der Waals surface area contributed by atoms with E-state index in [1.54, 1.807) is 6.20 Å². The molecule has 0 unspecified atom stereocenters. The first-order valence-corrected chi connectivity index (χ1v) is 12.4. The van der Waals surface area contributed by atoms with Crippen molar-refractivity contribution in [1.82, 2.24) is 19.5 Å². The topological polar surface area (TPSA) is 107 Å². The second-order valence-electron chi connectivity index (χ2n) is 8.25. The van der Waals surface area contributed by atoms with Gasteiger partial charge in [0.15, 0.2) is 9.84 Å². The van der Waals surface area contributed by atoms with Crippen molar-refractivity contribution in [3.05, 3.63) is 40.4 Å². The van der Waals surface area contributed by atoms with Crippen LogP contribution in [0.1, 0.15) is 41.6 Å². The van der Waals surface area contributed by atoms with E-state index in [2.05, 4.69) is 28.7 Å².